The molecule has 300 valence electrons. The van der Waals surface area contributed by atoms with Crippen LogP contribution in [0, 0.1) is 0 Å². The zero-order chi connectivity index (χ0) is 38.2. The van der Waals surface area contributed by atoms with E-state index in [4.69, 9.17) is 19.3 Å². The molecule has 0 aromatic rings. The van der Waals surface area contributed by atoms with E-state index in [-0.39, 0.29) is 19.4 Å². The van der Waals surface area contributed by atoms with Gasteiger partial charge >= 0.3 is 19.8 Å². The highest BCUT2D eigenvalue weighted by molar-refractivity contribution is 7.46. The van der Waals surface area contributed by atoms with E-state index < -0.39 is 32.5 Å². The SMILES string of the molecule is CC/C=C\C/C=C\C/C=C\C/C=C\CCCCC(=O)O[C@H](COC(=O)CCCCCCCCCCC/C=C\CCCCCCCC)COP(=O)(O)O. The van der Waals surface area contributed by atoms with Crippen LogP contribution < -0.4 is 0 Å². The number of carbonyl (C=O) groups is 2. The molecule has 52 heavy (non-hydrogen) atoms. The molecule has 0 fully saturated rings. The third-order valence-corrected chi connectivity index (χ3v) is 9.01. The standard InChI is InChI=1S/C43H75O8P/c1-3-5-7-9-11-13-15-17-19-20-21-22-24-25-27-29-31-33-35-37-42(44)49-39-41(40-50-52(46,47)48)51-43(45)38-36-34-32-30-28-26-23-18-16-14-12-10-8-6-4-2/h6,8,12,14,17-19,23,28,30,41H,3-5,7,9-11,13,15-16,20-22,24-27,29,31-40H2,1-2H3,(H2,46,47,48)/b8-6-,14-12-,19-17-,23-18-,30-28-/t41-/m1/s1. The molecule has 8 nitrogen and oxygen atoms in total. The summed E-state index contributed by atoms with van der Waals surface area (Å²) < 4.78 is 26.3. The monoisotopic (exact) mass is 751 g/mol. The predicted molar refractivity (Wildman–Crippen MR) is 216 cm³/mol. The largest absolute Gasteiger partial charge is 0.469 e. The molecule has 0 spiro atoms. The molecule has 9 heteroatoms. The second-order valence-electron chi connectivity index (χ2n) is 13.6. The van der Waals surface area contributed by atoms with Crippen LogP contribution in [0.4, 0.5) is 0 Å². The van der Waals surface area contributed by atoms with Crippen molar-refractivity contribution in [1.82, 2.24) is 0 Å². The summed E-state index contributed by atoms with van der Waals surface area (Å²) in [5, 5.41) is 0. The molecule has 0 aliphatic heterocycles. The molecule has 0 aromatic carbocycles. The summed E-state index contributed by atoms with van der Waals surface area (Å²) in [6, 6.07) is 0. The molecule has 1 atom stereocenters. The Morgan fingerprint density at radius 3 is 1.44 bits per heavy atom. The van der Waals surface area contributed by atoms with Crippen molar-refractivity contribution in [2.24, 2.45) is 0 Å². The first-order chi connectivity index (χ1) is 25.3. The quantitative estimate of drug-likeness (QED) is 0.0279. The van der Waals surface area contributed by atoms with Crippen molar-refractivity contribution in [3.8, 4) is 0 Å². The number of allylic oxidation sites excluding steroid dienone is 10. The zero-order valence-electron chi connectivity index (χ0n) is 32.9. The Morgan fingerprint density at radius 2 is 0.923 bits per heavy atom. The van der Waals surface area contributed by atoms with Gasteiger partial charge in [-0.2, -0.15) is 0 Å². The molecule has 0 heterocycles. The van der Waals surface area contributed by atoms with Crippen molar-refractivity contribution < 1.29 is 37.9 Å². The molecule has 0 aliphatic carbocycles. The van der Waals surface area contributed by atoms with Gasteiger partial charge in [-0.1, -0.05) is 152 Å². The van der Waals surface area contributed by atoms with Crippen molar-refractivity contribution in [2.45, 2.75) is 187 Å². The number of hydrogen-bond acceptors (Lipinski definition) is 6. The van der Waals surface area contributed by atoms with Gasteiger partial charge in [-0.05, 0) is 77.0 Å². The molecule has 2 N–H and O–H groups in total. The van der Waals surface area contributed by atoms with Crippen molar-refractivity contribution in [3.63, 3.8) is 0 Å². The fraction of sp³-hybridized carbons (Fsp3) is 0.721. The van der Waals surface area contributed by atoms with E-state index in [1.807, 2.05) is 0 Å². The number of ether oxygens (including phenoxy) is 2. The number of carbonyl (C=O) groups excluding carboxylic acids is 2. The first-order valence-electron chi connectivity index (χ1n) is 20.6. The number of phosphoric acid groups is 1. The highest BCUT2D eigenvalue weighted by Crippen LogP contribution is 2.36. The van der Waals surface area contributed by atoms with E-state index in [2.05, 4.69) is 79.1 Å². The number of rotatable bonds is 37. The van der Waals surface area contributed by atoms with Gasteiger partial charge in [0.15, 0.2) is 6.10 Å². The molecule has 0 amide bonds. The summed E-state index contributed by atoms with van der Waals surface area (Å²) in [4.78, 5) is 42.8. The van der Waals surface area contributed by atoms with Gasteiger partial charge in [-0.15, -0.1) is 0 Å². The number of hydrogen-bond donors (Lipinski definition) is 2. The number of esters is 2. The third kappa shape index (κ3) is 40.5. The van der Waals surface area contributed by atoms with Gasteiger partial charge in [0, 0.05) is 12.8 Å². The van der Waals surface area contributed by atoms with Crippen LogP contribution >= 0.6 is 7.82 Å². The van der Waals surface area contributed by atoms with Crippen LogP contribution in [0.3, 0.4) is 0 Å². The van der Waals surface area contributed by atoms with Crippen molar-refractivity contribution in [1.29, 1.82) is 0 Å². The summed E-state index contributed by atoms with van der Waals surface area (Å²) in [5.41, 5.74) is 0. The minimum absolute atomic E-state index is 0.157. The lowest BCUT2D eigenvalue weighted by atomic mass is 10.1. The first kappa shape index (κ1) is 49.8. The Bertz CT molecular complexity index is 1030. The minimum Gasteiger partial charge on any atom is -0.462 e. The van der Waals surface area contributed by atoms with Crippen LogP contribution in [-0.2, 0) is 28.2 Å². The van der Waals surface area contributed by atoms with E-state index in [1.54, 1.807) is 0 Å². The van der Waals surface area contributed by atoms with Crippen LogP contribution in [0.15, 0.2) is 60.8 Å². The lowest BCUT2D eigenvalue weighted by Crippen LogP contribution is -2.29. The molecule has 0 aliphatic rings. The minimum atomic E-state index is -4.77. The summed E-state index contributed by atoms with van der Waals surface area (Å²) in [6.07, 6.45) is 48.0. The van der Waals surface area contributed by atoms with Crippen molar-refractivity contribution in [3.05, 3.63) is 60.8 Å². The molecular weight excluding hydrogens is 675 g/mol. The van der Waals surface area contributed by atoms with E-state index >= 15 is 0 Å². The summed E-state index contributed by atoms with van der Waals surface area (Å²) in [7, 11) is -4.77. The predicted octanol–water partition coefficient (Wildman–Crippen LogP) is 12.5. The number of phosphoric ester groups is 1. The Labute approximate surface area is 317 Å². The second kappa shape index (κ2) is 38.5. The highest BCUT2D eigenvalue weighted by atomic mass is 31.2. The number of unbranched alkanes of at least 4 members (excludes halogenated alkanes) is 17. The molecule has 0 aromatic heterocycles. The molecule has 0 saturated carbocycles. The van der Waals surface area contributed by atoms with Gasteiger partial charge in [0.1, 0.15) is 6.61 Å². The van der Waals surface area contributed by atoms with Crippen LogP contribution in [0.5, 0.6) is 0 Å². The fourth-order valence-corrected chi connectivity index (χ4v) is 5.84. The summed E-state index contributed by atoms with van der Waals surface area (Å²) in [5.74, 6) is -0.938. The van der Waals surface area contributed by atoms with Gasteiger partial charge in [-0.3, -0.25) is 14.1 Å². The maximum atomic E-state index is 12.4. The maximum absolute atomic E-state index is 12.4. The van der Waals surface area contributed by atoms with Gasteiger partial charge in [0.2, 0.25) is 0 Å². The smallest absolute Gasteiger partial charge is 0.462 e. The topological polar surface area (TPSA) is 119 Å². The summed E-state index contributed by atoms with van der Waals surface area (Å²) >= 11 is 0. The Hall–Kier alpha value is -2.25. The molecule has 0 saturated heterocycles. The van der Waals surface area contributed by atoms with Crippen LogP contribution in [0.25, 0.3) is 0 Å². The Kier molecular flexibility index (Phi) is 36.8. The summed E-state index contributed by atoms with van der Waals surface area (Å²) in [6.45, 7) is 3.53. The molecular formula is C43H75O8P. The normalized spacial score (nSPS) is 13.1. The van der Waals surface area contributed by atoms with Gasteiger partial charge < -0.3 is 19.3 Å². The Morgan fingerprint density at radius 1 is 0.519 bits per heavy atom. The first-order valence-corrected chi connectivity index (χ1v) is 22.1. The highest BCUT2D eigenvalue weighted by Gasteiger charge is 2.22. The molecule has 0 radical (unpaired) electrons. The fourth-order valence-electron chi connectivity index (χ4n) is 5.48. The van der Waals surface area contributed by atoms with Gasteiger partial charge in [0.25, 0.3) is 0 Å². The van der Waals surface area contributed by atoms with Crippen LogP contribution in [-0.4, -0.2) is 41.0 Å². The van der Waals surface area contributed by atoms with Crippen LogP contribution in [0.1, 0.15) is 181 Å². The van der Waals surface area contributed by atoms with E-state index in [9.17, 15) is 14.2 Å². The average Bonchev–Trinajstić information content (AvgIpc) is 3.11. The molecule has 0 rings (SSSR count). The van der Waals surface area contributed by atoms with Crippen molar-refractivity contribution >= 4 is 19.8 Å². The second-order valence-corrected chi connectivity index (χ2v) is 14.8. The lowest BCUT2D eigenvalue weighted by Gasteiger charge is -2.18. The maximum Gasteiger partial charge on any atom is 0.469 e. The third-order valence-electron chi connectivity index (χ3n) is 8.52. The lowest BCUT2D eigenvalue weighted by molar-refractivity contribution is -0.161. The average molecular weight is 751 g/mol. The van der Waals surface area contributed by atoms with Gasteiger partial charge in [-0.25, -0.2) is 4.57 Å². The van der Waals surface area contributed by atoms with Crippen LogP contribution in [0.2, 0.25) is 0 Å². The van der Waals surface area contributed by atoms with Crippen molar-refractivity contribution in [2.75, 3.05) is 13.2 Å². The van der Waals surface area contributed by atoms with E-state index in [1.165, 1.54) is 83.5 Å². The van der Waals surface area contributed by atoms with E-state index in [0.717, 1.165) is 57.8 Å². The van der Waals surface area contributed by atoms with E-state index in [0.29, 0.717) is 12.8 Å². The molecule has 0 bridgehead atoms. The zero-order valence-corrected chi connectivity index (χ0v) is 33.8. The Balaban J connectivity index is 3.97. The molecule has 0 unspecified atom stereocenters. The van der Waals surface area contributed by atoms with Gasteiger partial charge in [0.05, 0.1) is 6.61 Å².